The SMILES string of the molecule is CC(C)(C)O[C@@H]1C[C@H](N)C12CCC2. The van der Waals surface area contributed by atoms with Gasteiger partial charge in [-0.3, -0.25) is 0 Å². The molecule has 13 heavy (non-hydrogen) atoms. The summed E-state index contributed by atoms with van der Waals surface area (Å²) in [6.45, 7) is 6.38. The number of hydrogen-bond acceptors (Lipinski definition) is 2. The van der Waals surface area contributed by atoms with Crippen LogP contribution in [0.1, 0.15) is 46.5 Å². The van der Waals surface area contributed by atoms with E-state index in [-0.39, 0.29) is 5.60 Å². The third kappa shape index (κ3) is 1.40. The first-order valence-corrected chi connectivity index (χ1v) is 5.37. The fraction of sp³-hybridized carbons (Fsp3) is 1.00. The van der Waals surface area contributed by atoms with Crippen LogP contribution >= 0.6 is 0 Å². The lowest BCUT2D eigenvalue weighted by Gasteiger charge is -2.61. The molecule has 2 heteroatoms. The van der Waals surface area contributed by atoms with E-state index in [0.29, 0.717) is 17.6 Å². The van der Waals surface area contributed by atoms with Crippen molar-refractivity contribution in [2.45, 2.75) is 64.2 Å². The number of rotatable bonds is 1. The monoisotopic (exact) mass is 183 g/mol. The Morgan fingerprint density at radius 3 is 2.23 bits per heavy atom. The van der Waals surface area contributed by atoms with E-state index in [1.807, 2.05) is 0 Å². The first kappa shape index (κ1) is 9.47. The Kier molecular flexibility index (Phi) is 1.97. The Morgan fingerprint density at radius 2 is 1.92 bits per heavy atom. The molecule has 2 atom stereocenters. The Labute approximate surface area is 80.8 Å². The van der Waals surface area contributed by atoms with Crippen LogP contribution in [0.4, 0.5) is 0 Å². The van der Waals surface area contributed by atoms with Crippen LogP contribution < -0.4 is 5.73 Å². The predicted molar refractivity (Wildman–Crippen MR) is 53.5 cm³/mol. The molecule has 0 aliphatic heterocycles. The topological polar surface area (TPSA) is 35.2 Å². The van der Waals surface area contributed by atoms with E-state index >= 15 is 0 Å². The molecule has 2 N–H and O–H groups in total. The molecule has 0 aromatic heterocycles. The Morgan fingerprint density at radius 1 is 1.31 bits per heavy atom. The van der Waals surface area contributed by atoms with Gasteiger partial charge in [-0.05, 0) is 40.0 Å². The average molecular weight is 183 g/mol. The zero-order valence-corrected chi connectivity index (χ0v) is 8.97. The van der Waals surface area contributed by atoms with E-state index in [1.54, 1.807) is 0 Å². The lowest BCUT2D eigenvalue weighted by atomic mass is 9.51. The molecular weight excluding hydrogens is 162 g/mol. The molecule has 76 valence electrons. The van der Waals surface area contributed by atoms with E-state index in [9.17, 15) is 0 Å². The molecule has 2 aliphatic carbocycles. The number of nitrogens with two attached hydrogens (primary N) is 1. The van der Waals surface area contributed by atoms with E-state index in [1.165, 1.54) is 19.3 Å². The second-order valence-corrected chi connectivity index (χ2v) is 5.65. The van der Waals surface area contributed by atoms with Gasteiger partial charge in [0.2, 0.25) is 0 Å². The summed E-state index contributed by atoms with van der Waals surface area (Å²) in [6, 6.07) is 0.411. The third-order valence-corrected chi connectivity index (χ3v) is 3.63. The van der Waals surface area contributed by atoms with Crippen LogP contribution in [0, 0.1) is 5.41 Å². The smallest absolute Gasteiger partial charge is 0.0668 e. The summed E-state index contributed by atoms with van der Waals surface area (Å²) in [5.41, 5.74) is 6.42. The zero-order valence-electron chi connectivity index (χ0n) is 8.97. The summed E-state index contributed by atoms with van der Waals surface area (Å²) in [6.07, 6.45) is 5.43. The van der Waals surface area contributed by atoms with Crippen LogP contribution in [0.15, 0.2) is 0 Å². The van der Waals surface area contributed by atoms with Gasteiger partial charge in [0.1, 0.15) is 0 Å². The van der Waals surface area contributed by atoms with Gasteiger partial charge >= 0.3 is 0 Å². The summed E-state index contributed by atoms with van der Waals surface area (Å²) in [4.78, 5) is 0. The van der Waals surface area contributed by atoms with Gasteiger partial charge in [0.05, 0.1) is 11.7 Å². The molecule has 0 aromatic rings. The van der Waals surface area contributed by atoms with Crippen LogP contribution in [0.2, 0.25) is 0 Å². The van der Waals surface area contributed by atoms with Crippen molar-refractivity contribution in [3.05, 3.63) is 0 Å². The molecule has 2 rings (SSSR count). The van der Waals surface area contributed by atoms with Gasteiger partial charge < -0.3 is 10.5 Å². The fourth-order valence-corrected chi connectivity index (χ4v) is 2.65. The van der Waals surface area contributed by atoms with Crippen LogP contribution in [-0.4, -0.2) is 17.7 Å². The minimum absolute atomic E-state index is 0.00655. The predicted octanol–water partition coefficient (Wildman–Crippen LogP) is 2.07. The van der Waals surface area contributed by atoms with E-state index < -0.39 is 0 Å². The highest BCUT2D eigenvalue weighted by molar-refractivity contribution is 5.11. The van der Waals surface area contributed by atoms with Gasteiger partial charge in [-0.15, -0.1) is 0 Å². The summed E-state index contributed by atoms with van der Waals surface area (Å²) >= 11 is 0. The molecule has 0 radical (unpaired) electrons. The molecule has 2 saturated carbocycles. The van der Waals surface area contributed by atoms with Gasteiger partial charge in [-0.25, -0.2) is 0 Å². The lowest BCUT2D eigenvalue weighted by Crippen LogP contribution is -2.66. The summed E-state index contributed by atoms with van der Waals surface area (Å²) < 4.78 is 6.02. The minimum atomic E-state index is -0.00655. The molecule has 0 amide bonds. The third-order valence-electron chi connectivity index (χ3n) is 3.63. The standard InChI is InChI=1S/C11H21NO/c1-10(2,3)13-9-7-8(12)11(9)5-4-6-11/h8-9H,4-7,12H2,1-3H3/t8-,9+/m0/s1. The highest BCUT2D eigenvalue weighted by Crippen LogP contribution is 2.57. The van der Waals surface area contributed by atoms with Crippen LogP contribution in [0.3, 0.4) is 0 Å². The Balaban J connectivity index is 1.96. The van der Waals surface area contributed by atoms with Crippen molar-refractivity contribution in [1.29, 1.82) is 0 Å². The van der Waals surface area contributed by atoms with Gasteiger partial charge in [-0.1, -0.05) is 6.42 Å². The first-order valence-electron chi connectivity index (χ1n) is 5.37. The fourth-order valence-electron chi connectivity index (χ4n) is 2.65. The van der Waals surface area contributed by atoms with Crippen molar-refractivity contribution < 1.29 is 4.74 Å². The maximum Gasteiger partial charge on any atom is 0.0668 e. The first-order chi connectivity index (χ1) is 5.94. The summed E-state index contributed by atoms with van der Waals surface area (Å²) in [5, 5.41) is 0. The normalized spacial score (nSPS) is 36.9. The Hall–Kier alpha value is -0.0800. The molecular formula is C11H21NO. The number of ether oxygens (including phenoxy) is 1. The van der Waals surface area contributed by atoms with Crippen molar-refractivity contribution in [2.24, 2.45) is 11.1 Å². The second-order valence-electron chi connectivity index (χ2n) is 5.65. The molecule has 2 nitrogen and oxygen atoms in total. The zero-order chi connectivity index (χ0) is 9.69. The minimum Gasteiger partial charge on any atom is -0.372 e. The second kappa shape index (κ2) is 2.71. The van der Waals surface area contributed by atoms with Crippen LogP contribution in [0.5, 0.6) is 0 Å². The molecule has 1 spiro atoms. The number of hydrogen-bond donors (Lipinski definition) is 1. The van der Waals surface area contributed by atoms with E-state index in [4.69, 9.17) is 10.5 Å². The maximum atomic E-state index is 6.05. The molecule has 2 fully saturated rings. The lowest BCUT2D eigenvalue weighted by molar-refractivity contribution is -0.207. The largest absolute Gasteiger partial charge is 0.372 e. The maximum absolute atomic E-state index is 6.05. The van der Waals surface area contributed by atoms with E-state index in [0.717, 1.165) is 6.42 Å². The molecule has 2 aliphatic rings. The molecule has 0 heterocycles. The van der Waals surface area contributed by atoms with Gasteiger partial charge in [0.15, 0.2) is 0 Å². The molecule has 0 saturated heterocycles. The summed E-state index contributed by atoms with van der Waals surface area (Å²) in [5.74, 6) is 0. The highest BCUT2D eigenvalue weighted by Gasteiger charge is 2.58. The molecule has 0 aromatic carbocycles. The summed E-state index contributed by atoms with van der Waals surface area (Å²) in [7, 11) is 0. The van der Waals surface area contributed by atoms with Crippen LogP contribution in [0.25, 0.3) is 0 Å². The molecule has 0 bridgehead atoms. The van der Waals surface area contributed by atoms with Crippen LogP contribution in [-0.2, 0) is 4.74 Å². The molecule has 0 unspecified atom stereocenters. The van der Waals surface area contributed by atoms with E-state index in [2.05, 4.69) is 20.8 Å². The average Bonchev–Trinajstić information content (AvgIpc) is 1.78. The van der Waals surface area contributed by atoms with Crippen molar-refractivity contribution in [2.75, 3.05) is 0 Å². The van der Waals surface area contributed by atoms with Crippen molar-refractivity contribution >= 4 is 0 Å². The van der Waals surface area contributed by atoms with Gasteiger partial charge in [0, 0.05) is 11.5 Å². The highest BCUT2D eigenvalue weighted by atomic mass is 16.5. The van der Waals surface area contributed by atoms with Crippen molar-refractivity contribution in [3.63, 3.8) is 0 Å². The van der Waals surface area contributed by atoms with Crippen molar-refractivity contribution in [1.82, 2.24) is 0 Å². The van der Waals surface area contributed by atoms with Gasteiger partial charge in [-0.2, -0.15) is 0 Å². The van der Waals surface area contributed by atoms with Gasteiger partial charge in [0.25, 0.3) is 0 Å². The van der Waals surface area contributed by atoms with Crippen molar-refractivity contribution in [3.8, 4) is 0 Å². The Bertz CT molecular complexity index is 203. The quantitative estimate of drug-likeness (QED) is 0.675.